The van der Waals surface area contributed by atoms with E-state index in [0.717, 1.165) is 6.42 Å². The van der Waals surface area contributed by atoms with E-state index in [-0.39, 0.29) is 5.83 Å². The average Bonchev–Trinajstić information content (AvgIpc) is 1.90. The third-order valence-corrected chi connectivity index (χ3v) is 1.45. The van der Waals surface area contributed by atoms with E-state index in [1.807, 2.05) is 6.08 Å². The predicted molar refractivity (Wildman–Crippen MR) is 35.5 cm³/mol. The van der Waals surface area contributed by atoms with Gasteiger partial charge in [0.05, 0.1) is 0 Å². The second-order valence-electron chi connectivity index (χ2n) is 2.18. The van der Waals surface area contributed by atoms with Crippen LogP contribution in [0.15, 0.2) is 24.1 Å². The molecule has 0 radical (unpaired) electrons. The van der Waals surface area contributed by atoms with Gasteiger partial charge >= 0.3 is 0 Å². The van der Waals surface area contributed by atoms with Gasteiger partial charge in [0, 0.05) is 0 Å². The molecule has 0 amide bonds. The van der Waals surface area contributed by atoms with Crippen LogP contribution in [0.25, 0.3) is 0 Å². The van der Waals surface area contributed by atoms with Crippen LogP contribution >= 0.6 is 0 Å². The van der Waals surface area contributed by atoms with Gasteiger partial charge in [-0.2, -0.15) is 0 Å². The summed E-state index contributed by atoms with van der Waals surface area (Å²) in [6.45, 7) is 0.611. The van der Waals surface area contributed by atoms with Gasteiger partial charge in [-0.05, 0) is 31.0 Å². The van der Waals surface area contributed by atoms with Crippen molar-refractivity contribution in [3.8, 4) is 0 Å². The van der Waals surface area contributed by atoms with Gasteiger partial charge in [0.15, 0.2) is 0 Å². The summed E-state index contributed by atoms with van der Waals surface area (Å²) in [5.74, 6) is 0.212. The second kappa shape index (κ2) is 2.78. The first-order valence-corrected chi connectivity index (χ1v) is 3.07. The van der Waals surface area contributed by atoms with E-state index in [1.165, 1.54) is 6.08 Å². The minimum Gasteiger partial charge on any atom is -0.330 e. The Bertz CT molecular complexity index is 149. The molecular formula is C7H10FN. The minimum absolute atomic E-state index is 0.139. The molecule has 9 heavy (non-hydrogen) atoms. The minimum atomic E-state index is -0.139. The molecule has 2 N–H and O–H groups in total. The third-order valence-electron chi connectivity index (χ3n) is 1.45. The van der Waals surface area contributed by atoms with Crippen LogP contribution in [-0.2, 0) is 0 Å². The van der Waals surface area contributed by atoms with Crippen molar-refractivity contribution in [2.45, 2.75) is 6.42 Å². The van der Waals surface area contributed by atoms with Crippen molar-refractivity contribution in [2.24, 2.45) is 11.7 Å². The maximum absolute atomic E-state index is 12.2. The first kappa shape index (κ1) is 6.49. The summed E-state index contributed by atoms with van der Waals surface area (Å²) < 4.78 is 12.2. The number of hydrogen-bond acceptors (Lipinski definition) is 1. The van der Waals surface area contributed by atoms with E-state index in [1.54, 1.807) is 6.08 Å². The molecule has 1 nitrogen and oxygen atoms in total. The topological polar surface area (TPSA) is 26.0 Å². The highest BCUT2D eigenvalue weighted by atomic mass is 19.1. The summed E-state index contributed by atoms with van der Waals surface area (Å²) in [6.07, 6.45) is 5.60. The maximum Gasteiger partial charge on any atom is 0.118 e. The molecule has 0 aromatic rings. The lowest BCUT2D eigenvalue weighted by molar-refractivity contribution is 0.605. The van der Waals surface area contributed by atoms with Crippen LogP contribution in [0, 0.1) is 5.92 Å². The summed E-state index contributed by atoms with van der Waals surface area (Å²) in [4.78, 5) is 0. The smallest absolute Gasteiger partial charge is 0.118 e. The molecule has 0 aromatic heterocycles. The fourth-order valence-corrected chi connectivity index (χ4v) is 0.813. The lowest BCUT2D eigenvalue weighted by Crippen LogP contribution is -2.12. The Labute approximate surface area is 54.0 Å². The molecule has 50 valence electrons. The second-order valence-corrected chi connectivity index (χ2v) is 2.18. The summed E-state index contributed by atoms with van der Waals surface area (Å²) in [5.41, 5.74) is 5.35. The van der Waals surface area contributed by atoms with E-state index < -0.39 is 0 Å². The third kappa shape index (κ3) is 1.64. The molecule has 0 heterocycles. The van der Waals surface area contributed by atoms with Crippen molar-refractivity contribution in [1.82, 2.24) is 0 Å². The van der Waals surface area contributed by atoms with Crippen LogP contribution in [-0.4, -0.2) is 6.54 Å². The van der Waals surface area contributed by atoms with Crippen LogP contribution < -0.4 is 5.73 Å². The SMILES string of the molecule is NCC1C=CC(F)=CC1. The van der Waals surface area contributed by atoms with Gasteiger partial charge in [0.1, 0.15) is 5.83 Å². The highest BCUT2D eigenvalue weighted by Crippen LogP contribution is 2.15. The quantitative estimate of drug-likeness (QED) is 0.565. The zero-order chi connectivity index (χ0) is 6.69. The van der Waals surface area contributed by atoms with Crippen LogP contribution in [0.5, 0.6) is 0 Å². The van der Waals surface area contributed by atoms with E-state index in [2.05, 4.69) is 0 Å². The Balaban J connectivity index is 2.48. The lowest BCUT2D eigenvalue weighted by Gasteiger charge is -2.09. The Kier molecular flexibility index (Phi) is 2.01. The van der Waals surface area contributed by atoms with E-state index in [0.29, 0.717) is 12.5 Å². The number of hydrogen-bond donors (Lipinski definition) is 1. The number of nitrogens with two attached hydrogens (primary N) is 1. The molecule has 0 fully saturated rings. The normalized spacial score (nSPS) is 26.0. The van der Waals surface area contributed by atoms with Crippen molar-refractivity contribution >= 4 is 0 Å². The molecule has 0 saturated heterocycles. The van der Waals surface area contributed by atoms with Crippen molar-refractivity contribution in [1.29, 1.82) is 0 Å². The molecule has 0 aromatic carbocycles. The zero-order valence-corrected chi connectivity index (χ0v) is 5.18. The Morgan fingerprint density at radius 3 is 3.00 bits per heavy atom. The highest BCUT2D eigenvalue weighted by Gasteiger charge is 2.04. The van der Waals surface area contributed by atoms with Gasteiger partial charge in [-0.15, -0.1) is 0 Å². The first-order chi connectivity index (χ1) is 4.33. The summed E-state index contributed by atoms with van der Waals surface area (Å²) >= 11 is 0. The zero-order valence-electron chi connectivity index (χ0n) is 5.18. The van der Waals surface area contributed by atoms with Gasteiger partial charge in [-0.3, -0.25) is 0 Å². The van der Waals surface area contributed by atoms with Crippen LogP contribution in [0.2, 0.25) is 0 Å². The van der Waals surface area contributed by atoms with Crippen molar-refractivity contribution in [2.75, 3.05) is 6.54 Å². The fourth-order valence-electron chi connectivity index (χ4n) is 0.813. The first-order valence-electron chi connectivity index (χ1n) is 3.07. The summed E-state index contributed by atoms with van der Waals surface area (Å²) in [7, 11) is 0. The molecule has 0 saturated carbocycles. The Morgan fingerprint density at radius 2 is 2.56 bits per heavy atom. The summed E-state index contributed by atoms with van der Waals surface area (Å²) in [5, 5.41) is 0. The van der Waals surface area contributed by atoms with E-state index in [4.69, 9.17) is 5.73 Å². The van der Waals surface area contributed by atoms with Crippen molar-refractivity contribution in [3.63, 3.8) is 0 Å². The van der Waals surface area contributed by atoms with Gasteiger partial charge < -0.3 is 5.73 Å². The van der Waals surface area contributed by atoms with Gasteiger partial charge in [0.2, 0.25) is 0 Å². The molecule has 1 atom stereocenters. The Morgan fingerprint density at radius 1 is 1.78 bits per heavy atom. The van der Waals surface area contributed by atoms with Gasteiger partial charge in [-0.1, -0.05) is 6.08 Å². The molecule has 2 heteroatoms. The Hall–Kier alpha value is -0.630. The molecule has 1 unspecified atom stereocenters. The molecule has 1 aliphatic carbocycles. The van der Waals surface area contributed by atoms with Crippen molar-refractivity contribution in [3.05, 3.63) is 24.1 Å². The van der Waals surface area contributed by atoms with E-state index in [9.17, 15) is 4.39 Å². The lowest BCUT2D eigenvalue weighted by atomic mass is 10.0. The number of allylic oxidation sites excluding steroid dienone is 3. The molecular weight excluding hydrogens is 117 g/mol. The fraction of sp³-hybridized carbons (Fsp3) is 0.429. The van der Waals surface area contributed by atoms with Crippen molar-refractivity contribution < 1.29 is 4.39 Å². The predicted octanol–water partition coefficient (Wildman–Crippen LogP) is 1.37. The molecule has 1 aliphatic rings. The van der Waals surface area contributed by atoms with Crippen LogP contribution in [0.4, 0.5) is 4.39 Å². The molecule has 0 bridgehead atoms. The highest BCUT2D eigenvalue weighted by molar-refractivity contribution is 5.17. The number of rotatable bonds is 1. The van der Waals surface area contributed by atoms with Crippen LogP contribution in [0.3, 0.4) is 0 Å². The summed E-state index contributed by atoms with van der Waals surface area (Å²) in [6, 6.07) is 0. The largest absolute Gasteiger partial charge is 0.330 e. The maximum atomic E-state index is 12.2. The van der Waals surface area contributed by atoms with E-state index >= 15 is 0 Å². The standard InChI is InChI=1S/C7H10FN/c8-7-3-1-6(5-9)2-4-7/h1,3-4,6H,2,5,9H2. The van der Waals surface area contributed by atoms with Crippen LogP contribution in [0.1, 0.15) is 6.42 Å². The van der Waals surface area contributed by atoms with Gasteiger partial charge in [0.25, 0.3) is 0 Å². The molecule has 0 aliphatic heterocycles. The van der Waals surface area contributed by atoms with Gasteiger partial charge in [-0.25, -0.2) is 4.39 Å². The molecule has 1 rings (SSSR count). The average molecular weight is 127 g/mol. The molecule has 0 spiro atoms. The monoisotopic (exact) mass is 127 g/mol. The number of halogens is 1.